The van der Waals surface area contributed by atoms with Crippen LogP contribution in [0.4, 0.5) is 0 Å². The summed E-state index contributed by atoms with van der Waals surface area (Å²) in [4.78, 5) is 12.0. The van der Waals surface area contributed by atoms with Gasteiger partial charge in [0.15, 0.2) is 0 Å². The van der Waals surface area contributed by atoms with Crippen LogP contribution < -0.4 is 0 Å². The van der Waals surface area contributed by atoms with E-state index in [1.54, 1.807) is 4.90 Å². The molecule has 0 aromatic heterocycles. The van der Waals surface area contributed by atoms with Gasteiger partial charge in [-0.2, -0.15) is 0 Å². The molecule has 1 heterocycles. The molecule has 1 aromatic carbocycles. The van der Waals surface area contributed by atoms with Crippen molar-refractivity contribution in [2.24, 2.45) is 0 Å². The summed E-state index contributed by atoms with van der Waals surface area (Å²) in [7, 11) is 0. The van der Waals surface area contributed by atoms with Crippen LogP contribution in [-0.4, -0.2) is 30.5 Å². The molecule has 0 saturated carbocycles. The molecule has 2 rings (SSSR count). The van der Waals surface area contributed by atoms with E-state index in [0.717, 1.165) is 22.6 Å². The monoisotopic (exact) mass is 239 g/mol. The summed E-state index contributed by atoms with van der Waals surface area (Å²) in [5.41, 5.74) is 2.14. The molecule has 0 aliphatic carbocycles. The highest BCUT2D eigenvalue weighted by Crippen LogP contribution is 2.18. The quantitative estimate of drug-likeness (QED) is 0.753. The Balaban J connectivity index is 1.82. The Morgan fingerprint density at radius 2 is 2.31 bits per heavy atom. The zero-order chi connectivity index (χ0) is 11.5. The van der Waals surface area contributed by atoms with Crippen molar-refractivity contribution in [1.82, 2.24) is 4.90 Å². The van der Waals surface area contributed by atoms with E-state index in [0.29, 0.717) is 19.7 Å². The molecule has 1 aliphatic rings. The van der Waals surface area contributed by atoms with Crippen LogP contribution >= 0.6 is 11.6 Å². The SMILES string of the molecule is Cc1ccc(COC2CN(C=O)C2)cc1Cl. The number of carbonyl (C=O) groups is 1. The number of benzene rings is 1. The van der Waals surface area contributed by atoms with Gasteiger partial charge in [-0.3, -0.25) is 4.79 Å². The summed E-state index contributed by atoms with van der Waals surface area (Å²) in [5, 5.41) is 0.768. The maximum absolute atomic E-state index is 10.3. The summed E-state index contributed by atoms with van der Waals surface area (Å²) >= 11 is 6.01. The molecule has 0 N–H and O–H groups in total. The standard InChI is InChI=1S/C12H14ClNO2/c1-9-2-3-10(4-12(9)13)7-16-11-5-14(6-11)8-15/h2-4,8,11H,5-7H2,1H3. The highest BCUT2D eigenvalue weighted by atomic mass is 35.5. The van der Waals surface area contributed by atoms with Crippen LogP contribution in [0.1, 0.15) is 11.1 Å². The minimum atomic E-state index is 0.172. The van der Waals surface area contributed by atoms with Gasteiger partial charge in [-0.25, -0.2) is 0 Å². The van der Waals surface area contributed by atoms with Crippen LogP contribution in [0.25, 0.3) is 0 Å². The molecule has 1 saturated heterocycles. The molecular formula is C12H14ClNO2. The van der Waals surface area contributed by atoms with E-state index in [1.165, 1.54) is 0 Å². The van der Waals surface area contributed by atoms with E-state index >= 15 is 0 Å². The normalized spacial score (nSPS) is 16.0. The lowest BCUT2D eigenvalue weighted by atomic mass is 10.1. The Morgan fingerprint density at radius 3 is 2.94 bits per heavy atom. The van der Waals surface area contributed by atoms with Crippen molar-refractivity contribution < 1.29 is 9.53 Å². The van der Waals surface area contributed by atoms with Gasteiger partial charge in [0.05, 0.1) is 12.7 Å². The van der Waals surface area contributed by atoms with E-state index < -0.39 is 0 Å². The zero-order valence-electron chi connectivity index (χ0n) is 9.15. The summed E-state index contributed by atoms with van der Waals surface area (Å²) in [5.74, 6) is 0. The van der Waals surface area contributed by atoms with Crippen molar-refractivity contribution in [2.75, 3.05) is 13.1 Å². The Morgan fingerprint density at radius 1 is 1.56 bits per heavy atom. The maximum atomic E-state index is 10.3. The minimum Gasteiger partial charge on any atom is -0.370 e. The van der Waals surface area contributed by atoms with Gasteiger partial charge in [-0.1, -0.05) is 23.7 Å². The molecule has 0 atom stereocenters. The molecule has 86 valence electrons. The van der Waals surface area contributed by atoms with Gasteiger partial charge < -0.3 is 9.64 Å². The predicted molar refractivity (Wildman–Crippen MR) is 62.4 cm³/mol. The van der Waals surface area contributed by atoms with Crippen LogP contribution in [0.3, 0.4) is 0 Å². The highest BCUT2D eigenvalue weighted by Gasteiger charge is 2.25. The van der Waals surface area contributed by atoms with Crippen LogP contribution in [0.5, 0.6) is 0 Å². The number of carbonyl (C=O) groups excluding carboxylic acids is 1. The minimum absolute atomic E-state index is 0.172. The van der Waals surface area contributed by atoms with Crippen LogP contribution in [0, 0.1) is 6.92 Å². The number of ether oxygens (including phenoxy) is 1. The van der Waals surface area contributed by atoms with Crippen LogP contribution in [-0.2, 0) is 16.1 Å². The first-order valence-electron chi connectivity index (χ1n) is 5.25. The lowest BCUT2D eigenvalue weighted by molar-refractivity contribution is -0.132. The number of hydrogen-bond donors (Lipinski definition) is 0. The molecule has 0 spiro atoms. The van der Waals surface area contributed by atoms with Crippen molar-refractivity contribution in [1.29, 1.82) is 0 Å². The molecule has 1 aliphatic heterocycles. The van der Waals surface area contributed by atoms with Crippen molar-refractivity contribution in [2.45, 2.75) is 19.6 Å². The lowest BCUT2D eigenvalue weighted by Crippen LogP contribution is -2.51. The van der Waals surface area contributed by atoms with Gasteiger partial charge in [0.2, 0.25) is 6.41 Å². The Kier molecular flexibility index (Phi) is 3.46. The average molecular weight is 240 g/mol. The number of aryl methyl sites for hydroxylation is 1. The van der Waals surface area contributed by atoms with Crippen molar-refractivity contribution >= 4 is 18.0 Å². The summed E-state index contributed by atoms with van der Waals surface area (Å²) in [6.07, 6.45) is 1.02. The second-order valence-electron chi connectivity index (χ2n) is 4.08. The van der Waals surface area contributed by atoms with Crippen molar-refractivity contribution in [3.8, 4) is 0 Å². The van der Waals surface area contributed by atoms with Crippen LogP contribution in [0.2, 0.25) is 5.02 Å². The third-order valence-electron chi connectivity index (χ3n) is 2.75. The molecule has 3 nitrogen and oxygen atoms in total. The first-order valence-corrected chi connectivity index (χ1v) is 5.63. The largest absolute Gasteiger partial charge is 0.370 e. The fourth-order valence-electron chi connectivity index (χ4n) is 1.60. The Bertz CT molecular complexity index is 389. The second-order valence-corrected chi connectivity index (χ2v) is 4.48. The maximum Gasteiger partial charge on any atom is 0.209 e. The number of halogens is 1. The first kappa shape index (κ1) is 11.4. The van der Waals surface area contributed by atoms with Gasteiger partial charge in [0.25, 0.3) is 0 Å². The molecule has 16 heavy (non-hydrogen) atoms. The Labute approximate surface area is 100.0 Å². The van der Waals surface area contributed by atoms with Crippen molar-refractivity contribution in [3.05, 3.63) is 34.3 Å². The van der Waals surface area contributed by atoms with Gasteiger partial charge >= 0.3 is 0 Å². The fraction of sp³-hybridized carbons (Fsp3) is 0.417. The Hall–Kier alpha value is -1.06. The molecule has 0 radical (unpaired) electrons. The van der Waals surface area contributed by atoms with E-state index in [9.17, 15) is 4.79 Å². The molecule has 1 amide bonds. The summed E-state index contributed by atoms with van der Waals surface area (Å²) in [6, 6.07) is 5.92. The van der Waals surface area contributed by atoms with Crippen LogP contribution in [0.15, 0.2) is 18.2 Å². The van der Waals surface area contributed by atoms with Gasteiger partial charge in [0, 0.05) is 18.1 Å². The number of hydrogen-bond acceptors (Lipinski definition) is 2. The molecule has 4 heteroatoms. The molecule has 0 unspecified atom stereocenters. The summed E-state index contributed by atoms with van der Waals surface area (Å²) < 4.78 is 5.63. The van der Waals surface area contributed by atoms with Gasteiger partial charge in [-0.15, -0.1) is 0 Å². The topological polar surface area (TPSA) is 29.5 Å². The van der Waals surface area contributed by atoms with Gasteiger partial charge in [0.1, 0.15) is 0 Å². The van der Waals surface area contributed by atoms with E-state index in [-0.39, 0.29) is 6.10 Å². The second kappa shape index (κ2) is 4.85. The first-order chi connectivity index (χ1) is 7.69. The number of likely N-dealkylation sites (tertiary alicyclic amines) is 1. The number of amides is 1. The molecular weight excluding hydrogens is 226 g/mol. The van der Waals surface area contributed by atoms with Gasteiger partial charge in [-0.05, 0) is 24.1 Å². The fourth-order valence-corrected chi connectivity index (χ4v) is 1.80. The molecule has 1 fully saturated rings. The smallest absolute Gasteiger partial charge is 0.209 e. The van der Waals surface area contributed by atoms with E-state index in [2.05, 4.69) is 0 Å². The predicted octanol–water partition coefficient (Wildman–Crippen LogP) is 2.01. The van der Waals surface area contributed by atoms with E-state index in [4.69, 9.17) is 16.3 Å². The number of nitrogens with zero attached hydrogens (tertiary/aromatic N) is 1. The number of rotatable bonds is 4. The average Bonchev–Trinajstić information content (AvgIpc) is 2.21. The zero-order valence-corrected chi connectivity index (χ0v) is 9.91. The van der Waals surface area contributed by atoms with E-state index in [1.807, 2.05) is 25.1 Å². The third-order valence-corrected chi connectivity index (χ3v) is 3.15. The molecule has 1 aromatic rings. The lowest BCUT2D eigenvalue weighted by Gasteiger charge is -2.35. The molecule has 0 bridgehead atoms. The summed E-state index contributed by atoms with van der Waals surface area (Å²) in [6.45, 7) is 3.92. The highest BCUT2D eigenvalue weighted by molar-refractivity contribution is 6.31. The van der Waals surface area contributed by atoms with Crippen molar-refractivity contribution in [3.63, 3.8) is 0 Å². The third kappa shape index (κ3) is 2.54.